The number of amides is 1. The summed E-state index contributed by atoms with van der Waals surface area (Å²) in [4.78, 5) is 14.9. The van der Waals surface area contributed by atoms with Crippen LogP contribution in [-0.2, 0) is 4.79 Å². The van der Waals surface area contributed by atoms with Gasteiger partial charge in [0, 0.05) is 6.54 Å². The maximum Gasteiger partial charge on any atom is 0.237 e. The Kier molecular flexibility index (Phi) is 11.5. The fourth-order valence-corrected chi connectivity index (χ4v) is 3.55. The molecule has 0 saturated carbocycles. The first-order chi connectivity index (χ1) is 9.68. The summed E-state index contributed by atoms with van der Waals surface area (Å²) >= 11 is 0. The average Bonchev–Trinajstić information content (AvgIpc) is 2.93. The molecule has 132 valence electrons. The van der Waals surface area contributed by atoms with Gasteiger partial charge < -0.3 is 10.6 Å². The molecule has 0 spiro atoms. The second-order valence-corrected chi connectivity index (χ2v) is 6.72. The number of carbonyl (C=O) groups excluding carboxylic acids is 1. The zero-order valence-electron chi connectivity index (χ0n) is 14.0. The van der Waals surface area contributed by atoms with E-state index < -0.39 is 0 Å². The van der Waals surface area contributed by atoms with Crippen LogP contribution in [0.15, 0.2) is 0 Å². The molecule has 2 aliphatic heterocycles. The minimum absolute atomic E-state index is 0. The zero-order valence-corrected chi connectivity index (χ0v) is 15.6. The molecule has 2 saturated heterocycles. The van der Waals surface area contributed by atoms with Gasteiger partial charge in [-0.3, -0.25) is 9.69 Å². The van der Waals surface area contributed by atoms with Crippen LogP contribution < -0.4 is 10.6 Å². The Morgan fingerprint density at radius 3 is 2.45 bits per heavy atom. The second-order valence-electron chi connectivity index (χ2n) is 6.72. The van der Waals surface area contributed by atoms with Crippen LogP contribution in [-0.4, -0.2) is 49.6 Å². The molecule has 0 aromatic carbocycles. The molecule has 0 aromatic rings. The lowest BCUT2D eigenvalue weighted by Gasteiger charge is -2.35. The minimum Gasteiger partial charge on any atom is -0.355 e. The van der Waals surface area contributed by atoms with E-state index in [-0.39, 0.29) is 36.8 Å². The van der Waals surface area contributed by atoms with Gasteiger partial charge in [-0.25, -0.2) is 0 Å². The number of likely N-dealkylation sites (tertiary alicyclic amines) is 1. The van der Waals surface area contributed by atoms with Gasteiger partial charge in [-0.05, 0) is 63.7 Å². The summed E-state index contributed by atoms with van der Waals surface area (Å²) in [5.41, 5.74) is 0. The van der Waals surface area contributed by atoms with E-state index in [0.717, 1.165) is 45.1 Å². The SMILES string of the molecule is CC(C)C(C(=O)NCCC1CCNC1)N1CCCCC1.Cl.Cl. The number of nitrogens with zero attached hydrogens (tertiary/aromatic N) is 1. The highest BCUT2D eigenvalue weighted by Gasteiger charge is 2.29. The molecule has 0 aromatic heterocycles. The Hall–Kier alpha value is -0.0300. The molecule has 2 heterocycles. The topological polar surface area (TPSA) is 44.4 Å². The van der Waals surface area contributed by atoms with Crippen LogP contribution in [0.25, 0.3) is 0 Å². The van der Waals surface area contributed by atoms with Crippen LogP contribution in [0, 0.1) is 11.8 Å². The summed E-state index contributed by atoms with van der Waals surface area (Å²) in [5.74, 6) is 1.39. The van der Waals surface area contributed by atoms with E-state index in [1.807, 2.05) is 0 Å². The average molecular weight is 354 g/mol. The Labute approximate surface area is 148 Å². The number of piperidine rings is 1. The van der Waals surface area contributed by atoms with Crippen LogP contribution in [0.3, 0.4) is 0 Å². The Morgan fingerprint density at radius 2 is 1.91 bits per heavy atom. The van der Waals surface area contributed by atoms with Gasteiger partial charge in [-0.2, -0.15) is 0 Å². The molecule has 1 amide bonds. The van der Waals surface area contributed by atoms with Crippen LogP contribution >= 0.6 is 24.8 Å². The summed E-state index contributed by atoms with van der Waals surface area (Å²) in [7, 11) is 0. The van der Waals surface area contributed by atoms with Crippen LogP contribution in [0.2, 0.25) is 0 Å². The van der Waals surface area contributed by atoms with Crippen molar-refractivity contribution in [1.82, 2.24) is 15.5 Å². The number of halogens is 2. The smallest absolute Gasteiger partial charge is 0.237 e. The first kappa shape index (κ1) is 22.0. The standard InChI is InChI=1S/C16H31N3O.2ClH/c1-13(2)15(19-10-4-3-5-11-19)16(20)18-9-7-14-6-8-17-12-14;;/h13-15,17H,3-12H2,1-2H3,(H,18,20);2*1H. The summed E-state index contributed by atoms with van der Waals surface area (Å²) in [6, 6.07) is 0.0667. The minimum atomic E-state index is 0. The van der Waals surface area contributed by atoms with Gasteiger partial charge in [0.05, 0.1) is 6.04 Å². The van der Waals surface area contributed by atoms with E-state index in [2.05, 4.69) is 29.4 Å². The predicted molar refractivity (Wildman–Crippen MR) is 97.1 cm³/mol. The molecule has 6 heteroatoms. The van der Waals surface area contributed by atoms with Gasteiger partial charge in [0.25, 0.3) is 0 Å². The third-order valence-electron chi connectivity index (χ3n) is 4.70. The van der Waals surface area contributed by atoms with E-state index in [1.54, 1.807) is 0 Å². The largest absolute Gasteiger partial charge is 0.355 e. The highest BCUT2D eigenvalue weighted by atomic mass is 35.5. The molecule has 22 heavy (non-hydrogen) atoms. The van der Waals surface area contributed by atoms with E-state index in [9.17, 15) is 4.79 Å². The van der Waals surface area contributed by atoms with Crippen LogP contribution in [0.1, 0.15) is 46.0 Å². The second kappa shape index (κ2) is 11.5. The fourth-order valence-electron chi connectivity index (χ4n) is 3.55. The molecule has 0 radical (unpaired) electrons. The molecule has 2 unspecified atom stereocenters. The molecule has 2 aliphatic rings. The normalized spacial score (nSPS) is 23.5. The monoisotopic (exact) mass is 353 g/mol. The Balaban J connectivity index is 0.00000220. The lowest BCUT2D eigenvalue weighted by atomic mass is 9.98. The van der Waals surface area contributed by atoms with Crippen molar-refractivity contribution in [3.63, 3.8) is 0 Å². The van der Waals surface area contributed by atoms with Crippen LogP contribution in [0.4, 0.5) is 0 Å². The van der Waals surface area contributed by atoms with Crippen molar-refractivity contribution in [2.24, 2.45) is 11.8 Å². The molecule has 4 nitrogen and oxygen atoms in total. The number of rotatable bonds is 6. The highest BCUT2D eigenvalue weighted by Crippen LogP contribution is 2.18. The van der Waals surface area contributed by atoms with Crippen molar-refractivity contribution in [1.29, 1.82) is 0 Å². The van der Waals surface area contributed by atoms with Gasteiger partial charge >= 0.3 is 0 Å². The third kappa shape index (κ3) is 6.61. The first-order valence-corrected chi connectivity index (χ1v) is 8.41. The lowest BCUT2D eigenvalue weighted by molar-refractivity contribution is -0.128. The number of carbonyl (C=O) groups is 1. The summed E-state index contributed by atoms with van der Waals surface area (Å²) in [6.45, 7) is 9.60. The summed E-state index contributed by atoms with van der Waals surface area (Å²) in [5, 5.41) is 6.56. The fraction of sp³-hybridized carbons (Fsp3) is 0.938. The number of nitrogens with one attached hydrogen (secondary N) is 2. The lowest BCUT2D eigenvalue weighted by Crippen LogP contribution is -2.51. The van der Waals surface area contributed by atoms with E-state index in [1.165, 1.54) is 25.7 Å². The van der Waals surface area contributed by atoms with E-state index >= 15 is 0 Å². The van der Waals surface area contributed by atoms with Gasteiger partial charge in [-0.15, -0.1) is 24.8 Å². The van der Waals surface area contributed by atoms with Gasteiger partial charge in [-0.1, -0.05) is 20.3 Å². The summed E-state index contributed by atoms with van der Waals surface area (Å²) in [6.07, 6.45) is 6.17. The summed E-state index contributed by atoms with van der Waals surface area (Å²) < 4.78 is 0. The predicted octanol–water partition coefficient (Wildman–Crippen LogP) is 2.46. The first-order valence-electron chi connectivity index (χ1n) is 8.41. The molecule has 2 rings (SSSR count). The highest BCUT2D eigenvalue weighted by molar-refractivity contribution is 5.85. The molecule has 0 bridgehead atoms. The molecular formula is C16H33Cl2N3O. The van der Waals surface area contributed by atoms with Gasteiger partial charge in [0.1, 0.15) is 0 Å². The van der Waals surface area contributed by atoms with Crippen LogP contribution in [0.5, 0.6) is 0 Å². The van der Waals surface area contributed by atoms with Crippen molar-refractivity contribution in [3.8, 4) is 0 Å². The maximum atomic E-state index is 12.5. The molecular weight excluding hydrogens is 321 g/mol. The van der Waals surface area contributed by atoms with E-state index in [0.29, 0.717) is 5.92 Å². The van der Waals surface area contributed by atoms with Gasteiger partial charge in [0.15, 0.2) is 0 Å². The van der Waals surface area contributed by atoms with Crippen molar-refractivity contribution in [2.75, 3.05) is 32.7 Å². The Morgan fingerprint density at radius 1 is 1.23 bits per heavy atom. The van der Waals surface area contributed by atoms with Gasteiger partial charge in [0.2, 0.25) is 5.91 Å². The Bertz CT molecular complexity index is 304. The number of hydrogen-bond donors (Lipinski definition) is 2. The molecule has 2 fully saturated rings. The maximum absolute atomic E-state index is 12.5. The zero-order chi connectivity index (χ0) is 14.4. The van der Waals surface area contributed by atoms with E-state index in [4.69, 9.17) is 0 Å². The third-order valence-corrected chi connectivity index (χ3v) is 4.70. The van der Waals surface area contributed by atoms with Crippen molar-refractivity contribution < 1.29 is 4.79 Å². The van der Waals surface area contributed by atoms with Crippen molar-refractivity contribution >= 4 is 30.7 Å². The van der Waals surface area contributed by atoms with Crippen molar-refractivity contribution in [3.05, 3.63) is 0 Å². The number of hydrogen-bond acceptors (Lipinski definition) is 3. The quantitative estimate of drug-likeness (QED) is 0.770. The molecule has 2 atom stereocenters. The molecule has 0 aliphatic carbocycles. The molecule has 2 N–H and O–H groups in total. The van der Waals surface area contributed by atoms with Crippen molar-refractivity contribution in [2.45, 2.75) is 52.0 Å².